The summed E-state index contributed by atoms with van der Waals surface area (Å²) in [6, 6.07) is 4.14. The smallest absolute Gasteiger partial charge is 0.133 e. The van der Waals surface area contributed by atoms with Crippen molar-refractivity contribution in [3.05, 3.63) is 23.9 Å². The van der Waals surface area contributed by atoms with Crippen LogP contribution < -0.4 is 10.2 Å². The van der Waals surface area contributed by atoms with E-state index in [1.807, 2.05) is 12.3 Å². The fourth-order valence-corrected chi connectivity index (χ4v) is 2.56. The van der Waals surface area contributed by atoms with Gasteiger partial charge in [0.1, 0.15) is 5.82 Å². The Hall–Kier alpha value is -1.13. The lowest BCUT2D eigenvalue weighted by atomic mass is 10.1. The van der Waals surface area contributed by atoms with Crippen molar-refractivity contribution in [1.82, 2.24) is 10.3 Å². The predicted octanol–water partition coefficient (Wildman–Crippen LogP) is 1.40. The molecule has 0 aromatic carbocycles. The van der Waals surface area contributed by atoms with E-state index in [0.717, 1.165) is 44.8 Å². The minimum Gasteiger partial charge on any atom is -0.396 e. The van der Waals surface area contributed by atoms with E-state index in [2.05, 4.69) is 28.2 Å². The molecule has 1 fully saturated rings. The van der Waals surface area contributed by atoms with Crippen molar-refractivity contribution in [2.75, 3.05) is 31.1 Å². The van der Waals surface area contributed by atoms with Crippen LogP contribution in [0.2, 0.25) is 0 Å². The van der Waals surface area contributed by atoms with Gasteiger partial charge in [-0.15, -0.1) is 0 Å². The Kier molecular flexibility index (Phi) is 4.96. The van der Waals surface area contributed by atoms with Crippen LogP contribution in [0.1, 0.15) is 25.3 Å². The number of rotatable bonds is 6. The molecule has 4 heteroatoms. The molecule has 0 spiro atoms. The maximum atomic E-state index is 9.01. The van der Waals surface area contributed by atoms with E-state index in [9.17, 15) is 0 Å². The molecule has 1 aromatic heterocycles. The number of aliphatic hydroxyl groups is 1. The van der Waals surface area contributed by atoms with Crippen LogP contribution in [0.25, 0.3) is 0 Å². The van der Waals surface area contributed by atoms with Gasteiger partial charge in [0.15, 0.2) is 0 Å². The summed E-state index contributed by atoms with van der Waals surface area (Å²) in [5, 5.41) is 12.4. The van der Waals surface area contributed by atoms with Crippen molar-refractivity contribution < 1.29 is 5.11 Å². The quantitative estimate of drug-likeness (QED) is 0.800. The highest BCUT2D eigenvalue weighted by Crippen LogP contribution is 2.26. The topological polar surface area (TPSA) is 48.4 Å². The van der Waals surface area contributed by atoms with Crippen molar-refractivity contribution in [1.29, 1.82) is 0 Å². The Labute approximate surface area is 109 Å². The third-order valence-corrected chi connectivity index (χ3v) is 3.56. The van der Waals surface area contributed by atoms with Crippen molar-refractivity contribution in [3.63, 3.8) is 0 Å². The lowest BCUT2D eigenvalue weighted by Crippen LogP contribution is -2.24. The Morgan fingerprint density at radius 2 is 2.44 bits per heavy atom. The van der Waals surface area contributed by atoms with E-state index in [4.69, 9.17) is 5.11 Å². The molecule has 1 aliphatic heterocycles. The molecule has 4 nitrogen and oxygen atoms in total. The minimum atomic E-state index is 0.297. The summed E-state index contributed by atoms with van der Waals surface area (Å²) in [4.78, 5) is 6.89. The van der Waals surface area contributed by atoms with Crippen molar-refractivity contribution in [2.24, 2.45) is 5.92 Å². The van der Waals surface area contributed by atoms with Crippen LogP contribution in [-0.2, 0) is 6.54 Å². The molecule has 0 aliphatic carbocycles. The Morgan fingerprint density at radius 1 is 1.56 bits per heavy atom. The van der Waals surface area contributed by atoms with Gasteiger partial charge in [-0.25, -0.2) is 4.98 Å². The van der Waals surface area contributed by atoms with Gasteiger partial charge in [-0.1, -0.05) is 13.0 Å². The van der Waals surface area contributed by atoms with Gasteiger partial charge >= 0.3 is 0 Å². The SMILES string of the molecule is CCNCc1cccnc1N1CCC(CCO)C1. The van der Waals surface area contributed by atoms with Crippen LogP contribution in [-0.4, -0.2) is 36.3 Å². The second kappa shape index (κ2) is 6.71. The molecule has 2 heterocycles. The number of nitrogens with one attached hydrogen (secondary N) is 1. The molecule has 0 amide bonds. The zero-order chi connectivity index (χ0) is 12.8. The number of hydrogen-bond donors (Lipinski definition) is 2. The number of pyridine rings is 1. The Bertz CT molecular complexity index is 370. The molecule has 1 unspecified atom stereocenters. The zero-order valence-corrected chi connectivity index (χ0v) is 11.1. The van der Waals surface area contributed by atoms with Gasteiger partial charge in [0.25, 0.3) is 0 Å². The molecule has 2 N–H and O–H groups in total. The van der Waals surface area contributed by atoms with Crippen molar-refractivity contribution >= 4 is 5.82 Å². The van der Waals surface area contributed by atoms with Crippen LogP contribution in [0, 0.1) is 5.92 Å². The van der Waals surface area contributed by atoms with Crippen molar-refractivity contribution in [3.8, 4) is 0 Å². The summed E-state index contributed by atoms with van der Waals surface area (Å²) < 4.78 is 0. The maximum Gasteiger partial charge on any atom is 0.133 e. The van der Waals surface area contributed by atoms with Gasteiger partial charge in [-0.2, -0.15) is 0 Å². The first kappa shape index (κ1) is 13.3. The third-order valence-electron chi connectivity index (χ3n) is 3.56. The molecule has 100 valence electrons. The first-order valence-corrected chi connectivity index (χ1v) is 6.85. The minimum absolute atomic E-state index is 0.297. The lowest BCUT2D eigenvalue weighted by molar-refractivity contribution is 0.263. The van der Waals surface area contributed by atoms with Crippen LogP contribution in [0.3, 0.4) is 0 Å². The summed E-state index contributed by atoms with van der Waals surface area (Å²) in [6.45, 7) is 6.34. The molecular formula is C14H23N3O. The van der Waals surface area contributed by atoms with Crippen LogP contribution >= 0.6 is 0 Å². The molecule has 1 atom stereocenters. The first-order valence-electron chi connectivity index (χ1n) is 6.85. The summed E-state index contributed by atoms with van der Waals surface area (Å²) >= 11 is 0. The van der Waals surface area contributed by atoms with Gasteiger partial charge in [-0.3, -0.25) is 0 Å². The van der Waals surface area contributed by atoms with Gasteiger partial charge in [0, 0.05) is 38.0 Å². The zero-order valence-electron chi connectivity index (χ0n) is 11.1. The Morgan fingerprint density at radius 3 is 3.22 bits per heavy atom. The van der Waals surface area contributed by atoms with Gasteiger partial charge in [-0.05, 0) is 31.4 Å². The van der Waals surface area contributed by atoms with Crippen LogP contribution in [0.4, 0.5) is 5.82 Å². The third kappa shape index (κ3) is 3.21. The van der Waals surface area contributed by atoms with Gasteiger partial charge in [0.2, 0.25) is 0 Å². The molecule has 0 bridgehead atoms. The average molecular weight is 249 g/mol. The highest BCUT2D eigenvalue weighted by atomic mass is 16.3. The molecule has 18 heavy (non-hydrogen) atoms. The second-order valence-corrected chi connectivity index (χ2v) is 4.88. The number of aliphatic hydroxyl groups excluding tert-OH is 1. The van der Waals surface area contributed by atoms with Crippen LogP contribution in [0.5, 0.6) is 0 Å². The lowest BCUT2D eigenvalue weighted by Gasteiger charge is -2.20. The van der Waals surface area contributed by atoms with Crippen LogP contribution in [0.15, 0.2) is 18.3 Å². The molecule has 1 aliphatic rings. The molecule has 1 aromatic rings. The molecular weight excluding hydrogens is 226 g/mol. The number of anilines is 1. The van der Waals surface area contributed by atoms with Gasteiger partial charge in [0.05, 0.1) is 0 Å². The highest BCUT2D eigenvalue weighted by molar-refractivity contribution is 5.47. The number of nitrogens with zero attached hydrogens (tertiary/aromatic N) is 2. The molecule has 2 rings (SSSR count). The summed E-state index contributed by atoms with van der Waals surface area (Å²) in [5.41, 5.74) is 1.27. The fraction of sp³-hybridized carbons (Fsp3) is 0.643. The van der Waals surface area contributed by atoms with E-state index >= 15 is 0 Å². The monoisotopic (exact) mass is 249 g/mol. The van der Waals surface area contributed by atoms with E-state index < -0.39 is 0 Å². The van der Waals surface area contributed by atoms with E-state index in [0.29, 0.717) is 12.5 Å². The Balaban J connectivity index is 2.04. The van der Waals surface area contributed by atoms with E-state index in [1.165, 1.54) is 5.56 Å². The number of aromatic nitrogens is 1. The molecule has 0 saturated carbocycles. The summed E-state index contributed by atoms with van der Waals surface area (Å²) in [6.07, 6.45) is 3.94. The molecule has 1 saturated heterocycles. The highest BCUT2D eigenvalue weighted by Gasteiger charge is 2.24. The summed E-state index contributed by atoms with van der Waals surface area (Å²) in [7, 11) is 0. The van der Waals surface area contributed by atoms with E-state index in [1.54, 1.807) is 0 Å². The second-order valence-electron chi connectivity index (χ2n) is 4.88. The first-order chi connectivity index (χ1) is 8.85. The number of hydrogen-bond acceptors (Lipinski definition) is 4. The maximum absolute atomic E-state index is 9.01. The predicted molar refractivity (Wildman–Crippen MR) is 73.6 cm³/mol. The van der Waals surface area contributed by atoms with Gasteiger partial charge < -0.3 is 15.3 Å². The largest absolute Gasteiger partial charge is 0.396 e. The van der Waals surface area contributed by atoms with E-state index in [-0.39, 0.29) is 0 Å². The van der Waals surface area contributed by atoms with Crippen molar-refractivity contribution in [2.45, 2.75) is 26.3 Å². The summed E-state index contributed by atoms with van der Waals surface area (Å²) in [5.74, 6) is 1.72. The average Bonchev–Trinajstić information content (AvgIpc) is 2.86. The molecule has 0 radical (unpaired) electrons. The standard InChI is InChI=1S/C14H23N3O/c1-2-15-10-13-4-3-7-16-14(13)17-8-5-12(11-17)6-9-18/h3-4,7,12,15,18H,2,5-6,8-11H2,1H3. The normalized spacial score (nSPS) is 19.4. The fourth-order valence-electron chi connectivity index (χ4n) is 2.56.